The molecule has 27 heavy (non-hydrogen) atoms. The Labute approximate surface area is 159 Å². The molecule has 1 unspecified atom stereocenters. The number of hydrogen-bond donors (Lipinski definition) is 1. The maximum absolute atomic E-state index is 13.1. The summed E-state index contributed by atoms with van der Waals surface area (Å²) in [6, 6.07) is 19.7. The molecule has 2 amide bonds. The first-order valence-corrected chi connectivity index (χ1v) is 9.09. The molecule has 1 atom stereocenters. The summed E-state index contributed by atoms with van der Waals surface area (Å²) in [5.74, 6) is 0.806. The number of anilines is 1. The van der Waals surface area contributed by atoms with Crippen molar-refractivity contribution in [3.8, 4) is 5.75 Å². The number of benzene rings is 2. The number of ether oxygens (including phenoxy) is 1. The number of nitrogens with zero attached hydrogens (tertiary/aromatic N) is 2. The normalized spacial score (nSPS) is 15.9. The van der Waals surface area contributed by atoms with Crippen LogP contribution in [-0.4, -0.2) is 29.2 Å². The summed E-state index contributed by atoms with van der Waals surface area (Å²) >= 11 is 0. The quantitative estimate of drug-likeness (QED) is 0.749. The smallest absolute Gasteiger partial charge is 0.322 e. The van der Waals surface area contributed by atoms with Gasteiger partial charge in [0.1, 0.15) is 5.75 Å². The van der Waals surface area contributed by atoms with Crippen LogP contribution in [0.2, 0.25) is 0 Å². The van der Waals surface area contributed by atoms with Crippen molar-refractivity contribution in [1.29, 1.82) is 0 Å². The monoisotopic (exact) mass is 361 g/mol. The summed E-state index contributed by atoms with van der Waals surface area (Å²) < 4.78 is 7.49. The van der Waals surface area contributed by atoms with Gasteiger partial charge in [0.25, 0.3) is 0 Å². The van der Waals surface area contributed by atoms with Crippen molar-refractivity contribution in [2.75, 3.05) is 19.0 Å². The maximum atomic E-state index is 13.1. The van der Waals surface area contributed by atoms with E-state index in [1.165, 1.54) is 5.56 Å². The molecule has 0 radical (unpaired) electrons. The summed E-state index contributed by atoms with van der Waals surface area (Å²) in [5.41, 5.74) is 4.15. The fourth-order valence-corrected chi connectivity index (χ4v) is 3.57. The fourth-order valence-electron chi connectivity index (χ4n) is 3.57. The average Bonchev–Trinajstić information content (AvgIpc) is 3.18. The highest BCUT2D eigenvalue weighted by molar-refractivity contribution is 5.90. The van der Waals surface area contributed by atoms with Gasteiger partial charge in [-0.25, -0.2) is 4.79 Å². The molecule has 0 fully saturated rings. The van der Waals surface area contributed by atoms with Crippen LogP contribution >= 0.6 is 0 Å². The third-order valence-electron chi connectivity index (χ3n) is 5.03. The van der Waals surface area contributed by atoms with Gasteiger partial charge in [0.05, 0.1) is 13.2 Å². The second-order valence-corrected chi connectivity index (χ2v) is 6.79. The summed E-state index contributed by atoms with van der Waals surface area (Å²) in [6.45, 7) is 3.47. The lowest BCUT2D eigenvalue weighted by Crippen LogP contribution is -2.44. The van der Waals surface area contributed by atoms with Crippen molar-refractivity contribution in [2.45, 2.75) is 19.5 Å². The Hall–Kier alpha value is -3.21. The number of fused-ring (bicyclic) bond motifs is 1. The molecule has 5 nitrogen and oxygen atoms in total. The number of amides is 2. The lowest BCUT2D eigenvalue weighted by molar-refractivity contribution is 0.182. The van der Waals surface area contributed by atoms with Crippen LogP contribution in [0.5, 0.6) is 5.75 Å². The van der Waals surface area contributed by atoms with Crippen molar-refractivity contribution in [2.24, 2.45) is 0 Å². The molecule has 0 spiro atoms. The van der Waals surface area contributed by atoms with E-state index < -0.39 is 0 Å². The summed E-state index contributed by atoms with van der Waals surface area (Å²) in [5, 5.41) is 3.04. The molecular formula is C22H23N3O2. The van der Waals surface area contributed by atoms with Gasteiger partial charge >= 0.3 is 6.03 Å². The van der Waals surface area contributed by atoms with Gasteiger partial charge in [0, 0.05) is 30.7 Å². The van der Waals surface area contributed by atoms with E-state index in [9.17, 15) is 4.79 Å². The van der Waals surface area contributed by atoms with Crippen LogP contribution in [0.3, 0.4) is 0 Å². The average molecular weight is 361 g/mol. The number of methoxy groups -OCH3 is 1. The topological polar surface area (TPSA) is 46.5 Å². The minimum absolute atomic E-state index is 0.0906. The first-order chi connectivity index (χ1) is 13.2. The van der Waals surface area contributed by atoms with E-state index in [1.54, 1.807) is 7.11 Å². The van der Waals surface area contributed by atoms with E-state index >= 15 is 0 Å². The Kier molecular flexibility index (Phi) is 4.59. The first-order valence-electron chi connectivity index (χ1n) is 9.09. The van der Waals surface area contributed by atoms with E-state index in [1.807, 2.05) is 66.4 Å². The lowest BCUT2D eigenvalue weighted by Gasteiger charge is -2.37. The van der Waals surface area contributed by atoms with Gasteiger partial charge in [-0.2, -0.15) is 0 Å². The number of rotatable bonds is 3. The van der Waals surface area contributed by atoms with Crippen LogP contribution in [0.25, 0.3) is 0 Å². The third kappa shape index (κ3) is 3.40. The number of aryl methyl sites for hydroxylation is 1. The predicted octanol–water partition coefficient (Wildman–Crippen LogP) is 4.44. The zero-order valence-electron chi connectivity index (χ0n) is 15.6. The minimum atomic E-state index is -0.134. The minimum Gasteiger partial charge on any atom is -0.497 e. The number of nitrogens with one attached hydrogen (secondary N) is 1. The fraction of sp³-hybridized carbons (Fsp3) is 0.227. The summed E-state index contributed by atoms with van der Waals surface area (Å²) in [6.07, 6.45) is 2.07. The molecular weight excluding hydrogens is 338 g/mol. The van der Waals surface area contributed by atoms with Crippen LogP contribution in [0, 0.1) is 6.92 Å². The van der Waals surface area contributed by atoms with Crippen LogP contribution in [0.1, 0.15) is 22.9 Å². The molecule has 1 aliphatic heterocycles. The molecule has 0 saturated heterocycles. The van der Waals surface area contributed by atoms with E-state index in [0.29, 0.717) is 6.54 Å². The van der Waals surface area contributed by atoms with Gasteiger partial charge in [-0.1, -0.05) is 29.8 Å². The number of hydrogen-bond acceptors (Lipinski definition) is 2. The molecule has 0 aliphatic carbocycles. The highest BCUT2D eigenvalue weighted by atomic mass is 16.5. The van der Waals surface area contributed by atoms with E-state index in [0.717, 1.165) is 29.2 Å². The Balaban J connectivity index is 1.65. The first kappa shape index (κ1) is 17.2. The SMILES string of the molecule is COc1ccc(C2c3cccn3CCN2C(=O)Nc2ccc(C)cc2)cc1. The van der Waals surface area contributed by atoms with Gasteiger partial charge in [-0.05, 0) is 48.9 Å². The summed E-state index contributed by atoms with van der Waals surface area (Å²) in [4.78, 5) is 15.0. The molecule has 0 saturated carbocycles. The third-order valence-corrected chi connectivity index (χ3v) is 5.03. The van der Waals surface area contributed by atoms with Gasteiger partial charge < -0.3 is 19.5 Å². The van der Waals surface area contributed by atoms with Gasteiger partial charge in [0.15, 0.2) is 0 Å². The van der Waals surface area contributed by atoms with E-state index in [2.05, 4.69) is 22.1 Å². The van der Waals surface area contributed by atoms with Crippen LogP contribution in [0.4, 0.5) is 10.5 Å². The maximum Gasteiger partial charge on any atom is 0.322 e. The molecule has 1 N–H and O–H groups in total. The highest BCUT2D eigenvalue weighted by Gasteiger charge is 2.32. The number of aromatic nitrogens is 1. The Morgan fingerprint density at radius 2 is 1.78 bits per heavy atom. The van der Waals surface area contributed by atoms with Crippen molar-refractivity contribution >= 4 is 11.7 Å². The molecule has 0 bridgehead atoms. The predicted molar refractivity (Wildman–Crippen MR) is 106 cm³/mol. The second-order valence-electron chi connectivity index (χ2n) is 6.79. The van der Waals surface area contributed by atoms with E-state index in [-0.39, 0.29) is 12.1 Å². The van der Waals surface area contributed by atoms with Gasteiger partial charge in [0.2, 0.25) is 0 Å². The molecule has 2 heterocycles. The molecule has 3 aromatic rings. The molecule has 5 heteroatoms. The number of carbonyl (C=O) groups is 1. The Morgan fingerprint density at radius 3 is 2.48 bits per heavy atom. The van der Waals surface area contributed by atoms with Crippen LogP contribution < -0.4 is 10.1 Å². The molecule has 1 aromatic heterocycles. The molecule has 1 aliphatic rings. The largest absolute Gasteiger partial charge is 0.497 e. The summed E-state index contributed by atoms with van der Waals surface area (Å²) in [7, 11) is 1.65. The number of carbonyl (C=O) groups excluding carboxylic acids is 1. The second kappa shape index (κ2) is 7.19. The van der Waals surface area contributed by atoms with Gasteiger partial charge in [-0.3, -0.25) is 0 Å². The molecule has 4 rings (SSSR count). The standard InChI is InChI=1S/C22H23N3O2/c1-16-5-9-18(10-6-16)23-22(26)25-15-14-24-13-3-4-20(24)21(25)17-7-11-19(27-2)12-8-17/h3-13,21H,14-15H2,1-2H3,(H,23,26). The molecule has 2 aromatic carbocycles. The molecule has 138 valence electrons. The van der Waals surface area contributed by atoms with Crippen molar-refractivity contribution in [3.63, 3.8) is 0 Å². The Bertz CT molecular complexity index is 929. The zero-order valence-corrected chi connectivity index (χ0v) is 15.6. The van der Waals surface area contributed by atoms with Crippen LogP contribution in [-0.2, 0) is 6.54 Å². The lowest BCUT2D eigenvalue weighted by atomic mass is 10.00. The van der Waals surface area contributed by atoms with Gasteiger partial charge in [-0.15, -0.1) is 0 Å². The zero-order chi connectivity index (χ0) is 18.8. The van der Waals surface area contributed by atoms with E-state index in [4.69, 9.17) is 4.74 Å². The van der Waals surface area contributed by atoms with Crippen molar-refractivity contribution in [1.82, 2.24) is 9.47 Å². The van der Waals surface area contributed by atoms with Crippen LogP contribution in [0.15, 0.2) is 66.9 Å². The van der Waals surface area contributed by atoms with Crippen molar-refractivity contribution in [3.05, 3.63) is 83.7 Å². The Morgan fingerprint density at radius 1 is 1.04 bits per heavy atom. The highest BCUT2D eigenvalue weighted by Crippen LogP contribution is 2.33. The van der Waals surface area contributed by atoms with Crippen molar-refractivity contribution < 1.29 is 9.53 Å². The number of urea groups is 1.